The fourth-order valence-electron chi connectivity index (χ4n) is 2.18. The lowest BCUT2D eigenvalue weighted by Crippen LogP contribution is -2.22. The fourth-order valence-corrected chi connectivity index (χ4v) is 2.18. The van der Waals surface area contributed by atoms with Crippen molar-refractivity contribution in [1.82, 2.24) is 4.90 Å². The number of rotatable bonds is 7. The summed E-state index contributed by atoms with van der Waals surface area (Å²) in [7, 11) is 0. The predicted molar refractivity (Wildman–Crippen MR) is 90.7 cm³/mol. The van der Waals surface area contributed by atoms with Gasteiger partial charge in [-0.15, -0.1) is 0 Å². The third kappa shape index (κ3) is 4.72. The number of anilines is 1. The Morgan fingerprint density at radius 3 is 2.33 bits per heavy atom. The average molecular weight is 281 g/mol. The molecule has 0 atom stereocenters. The Morgan fingerprint density at radius 2 is 1.62 bits per heavy atom. The van der Waals surface area contributed by atoms with Crippen molar-refractivity contribution in [2.75, 3.05) is 18.5 Å². The van der Waals surface area contributed by atoms with E-state index in [2.05, 4.69) is 53.5 Å². The molecule has 2 rings (SSSR count). The molecule has 0 aliphatic heterocycles. The molecule has 2 aromatic carbocycles. The lowest BCUT2D eigenvalue weighted by atomic mass is 10.1. The number of nitrogens with zero attached hydrogens (tertiary/aromatic N) is 2. The van der Waals surface area contributed by atoms with Crippen molar-refractivity contribution >= 4 is 11.9 Å². The molecule has 0 spiro atoms. The summed E-state index contributed by atoms with van der Waals surface area (Å²) >= 11 is 0. The summed E-state index contributed by atoms with van der Waals surface area (Å²) in [5, 5.41) is 4.34. The molecule has 0 aliphatic carbocycles. The predicted octanol–water partition coefficient (Wildman–Crippen LogP) is 3.97. The summed E-state index contributed by atoms with van der Waals surface area (Å²) in [5.41, 5.74) is 6.52. The Balaban J connectivity index is 2.05. The standard InChI is InChI=1S/C18H23N3/c1-3-21(4-2)15-17-11-9-8-10-16(17)14-19-20-18-12-6-5-7-13-18/h5-14,20H,3-4,15H2,1-2H3. The molecule has 0 unspecified atom stereocenters. The fraction of sp³-hybridized carbons (Fsp3) is 0.278. The van der Waals surface area contributed by atoms with Crippen LogP contribution in [0.5, 0.6) is 0 Å². The van der Waals surface area contributed by atoms with Crippen LogP contribution in [0.4, 0.5) is 5.69 Å². The maximum atomic E-state index is 4.34. The van der Waals surface area contributed by atoms with E-state index in [1.165, 1.54) is 5.56 Å². The molecule has 0 radical (unpaired) electrons. The first-order valence-electron chi connectivity index (χ1n) is 7.47. The molecule has 110 valence electrons. The zero-order valence-corrected chi connectivity index (χ0v) is 12.8. The molecule has 0 saturated heterocycles. The van der Waals surface area contributed by atoms with Crippen LogP contribution in [0.2, 0.25) is 0 Å². The van der Waals surface area contributed by atoms with Crippen LogP contribution in [0.3, 0.4) is 0 Å². The second-order valence-corrected chi connectivity index (χ2v) is 4.90. The molecule has 21 heavy (non-hydrogen) atoms. The molecule has 3 nitrogen and oxygen atoms in total. The summed E-state index contributed by atoms with van der Waals surface area (Å²) < 4.78 is 0. The molecular weight excluding hydrogens is 258 g/mol. The van der Waals surface area contributed by atoms with Gasteiger partial charge in [0.15, 0.2) is 0 Å². The van der Waals surface area contributed by atoms with Crippen LogP contribution in [-0.4, -0.2) is 24.2 Å². The smallest absolute Gasteiger partial charge is 0.0561 e. The second-order valence-electron chi connectivity index (χ2n) is 4.90. The highest BCUT2D eigenvalue weighted by Gasteiger charge is 2.04. The molecular formula is C18H23N3. The summed E-state index contributed by atoms with van der Waals surface area (Å²) in [5.74, 6) is 0. The number of hydrazone groups is 1. The average Bonchev–Trinajstić information content (AvgIpc) is 2.55. The Bertz CT molecular complexity index is 560. The van der Waals surface area contributed by atoms with Gasteiger partial charge in [-0.1, -0.05) is 56.3 Å². The molecule has 3 heteroatoms. The first-order valence-corrected chi connectivity index (χ1v) is 7.47. The normalized spacial score (nSPS) is 11.2. The Kier molecular flexibility index (Phi) is 5.98. The number of benzene rings is 2. The minimum absolute atomic E-state index is 0.959. The van der Waals surface area contributed by atoms with Crippen molar-refractivity contribution in [2.24, 2.45) is 5.10 Å². The highest BCUT2D eigenvalue weighted by atomic mass is 15.3. The van der Waals surface area contributed by atoms with E-state index >= 15 is 0 Å². The minimum atomic E-state index is 0.959. The van der Waals surface area contributed by atoms with E-state index < -0.39 is 0 Å². The monoisotopic (exact) mass is 281 g/mol. The Hall–Kier alpha value is -2.13. The van der Waals surface area contributed by atoms with Crippen LogP contribution in [0, 0.1) is 0 Å². The van der Waals surface area contributed by atoms with Gasteiger partial charge in [-0.05, 0) is 36.3 Å². The molecule has 0 aliphatic rings. The van der Waals surface area contributed by atoms with Gasteiger partial charge >= 0.3 is 0 Å². The summed E-state index contributed by atoms with van der Waals surface area (Å²) in [6.07, 6.45) is 1.89. The van der Waals surface area contributed by atoms with E-state index in [0.717, 1.165) is 30.9 Å². The summed E-state index contributed by atoms with van der Waals surface area (Å²) in [6.45, 7) is 7.46. The topological polar surface area (TPSA) is 27.6 Å². The Morgan fingerprint density at radius 1 is 0.952 bits per heavy atom. The quantitative estimate of drug-likeness (QED) is 0.614. The van der Waals surface area contributed by atoms with Gasteiger partial charge in [0, 0.05) is 6.54 Å². The first kappa shape index (κ1) is 15.3. The Labute approximate surface area is 127 Å². The van der Waals surface area contributed by atoms with E-state index in [-0.39, 0.29) is 0 Å². The highest BCUT2D eigenvalue weighted by Crippen LogP contribution is 2.10. The lowest BCUT2D eigenvalue weighted by molar-refractivity contribution is 0.296. The molecule has 0 amide bonds. The maximum Gasteiger partial charge on any atom is 0.0561 e. The number of hydrogen-bond acceptors (Lipinski definition) is 3. The molecule has 0 bridgehead atoms. The van der Waals surface area contributed by atoms with Crippen LogP contribution in [0.15, 0.2) is 59.7 Å². The number of para-hydroxylation sites is 1. The third-order valence-corrected chi connectivity index (χ3v) is 3.51. The van der Waals surface area contributed by atoms with Gasteiger partial charge in [-0.25, -0.2) is 0 Å². The van der Waals surface area contributed by atoms with Gasteiger partial charge in [-0.2, -0.15) is 5.10 Å². The van der Waals surface area contributed by atoms with Crippen molar-refractivity contribution in [3.8, 4) is 0 Å². The zero-order chi connectivity index (χ0) is 14.9. The largest absolute Gasteiger partial charge is 0.300 e. The third-order valence-electron chi connectivity index (χ3n) is 3.51. The van der Waals surface area contributed by atoms with Crippen molar-refractivity contribution in [3.05, 3.63) is 65.7 Å². The molecule has 0 heterocycles. The summed E-state index contributed by atoms with van der Waals surface area (Å²) in [6, 6.07) is 18.4. The van der Waals surface area contributed by atoms with Gasteiger partial charge in [0.2, 0.25) is 0 Å². The van der Waals surface area contributed by atoms with Gasteiger partial charge in [-0.3, -0.25) is 10.3 Å². The molecule has 1 N–H and O–H groups in total. The van der Waals surface area contributed by atoms with Gasteiger partial charge < -0.3 is 0 Å². The lowest BCUT2D eigenvalue weighted by Gasteiger charge is -2.19. The van der Waals surface area contributed by atoms with Crippen LogP contribution < -0.4 is 5.43 Å². The highest BCUT2D eigenvalue weighted by molar-refractivity contribution is 5.82. The second kappa shape index (κ2) is 8.22. The number of hydrogen-bond donors (Lipinski definition) is 1. The minimum Gasteiger partial charge on any atom is -0.300 e. The zero-order valence-electron chi connectivity index (χ0n) is 12.8. The van der Waals surface area contributed by atoms with E-state index in [4.69, 9.17) is 0 Å². The van der Waals surface area contributed by atoms with Gasteiger partial charge in [0.05, 0.1) is 11.9 Å². The van der Waals surface area contributed by atoms with E-state index in [1.54, 1.807) is 0 Å². The van der Waals surface area contributed by atoms with Crippen molar-refractivity contribution in [3.63, 3.8) is 0 Å². The molecule has 0 aromatic heterocycles. The van der Waals surface area contributed by atoms with Gasteiger partial charge in [0.25, 0.3) is 0 Å². The van der Waals surface area contributed by atoms with Crippen LogP contribution in [0.1, 0.15) is 25.0 Å². The first-order chi connectivity index (χ1) is 10.3. The summed E-state index contributed by atoms with van der Waals surface area (Å²) in [4.78, 5) is 2.40. The SMILES string of the molecule is CCN(CC)Cc1ccccc1C=NNc1ccccc1. The molecule has 0 saturated carbocycles. The van der Waals surface area contributed by atoms with Crippen molar-refractivity contribution < 1.29 is 0 Å². The van der Waals surface area contributed by atoms with Crippen molar-refractivity contribution in [1.29, 1.82) is 0 Å². The van der Waals surface area contributed by atoms with Crippen LogP contribution >= 0.6 is 0 Å². The van der Waals surface area contributed by atoms with Crippen LogP contribution in [0.25, 0.3) is 0 Å². The maximum absolute atomic E-state index is 4.34. The van der Waals surface area contributed by atoms with E-state index in [1.807, 2.05) is 36.5 Å². The number of nitrogens with one attached hydrogen (secondary N) is 1. The van der Waals surface area contributed by atoms with Crippen molar-refractivity contribution in [2.45, 2.75) is 20.4 Å². The van der Waals surface area contributed by atoms with Gasteiger partial charge in [0.1, 0.15) is 0 Å². The van der Waals surface area contributed by atoms with E-state index in [0.29, 0.717) is 0 Å². The van der Waals surface area contributed by atoms with E-state index in [9.17, 15) is 0 Å². The molecule has 0 fully saturated rings. The molecule has 2 aromatic rings. The van der Waals surface area contributed by atoms with Crippen LogP contribution in [-0.2, 0) is 6.54 Å².